The van der Waals surface area contributed by atoms with Crippen LogP contribution in [-0.4, -0.2) is 13.7 Å². The highest BCUT2D eigenvalue weighted by atomic mass is 35.5. The van der Waals surface area contributed by atoms with Gasteiger partial charge in [0.1, 0.15) is 11.5 Å². The molecule has 1 N–H and O–H groups in total. The van der Waals surface area contributed by atoms with Crippen molar-refractivity contribution in [2.75, 3.05) is 0 Å². The number of ether oxygens (including phenoxy) is 1. The van der Waals surface area contributed by atoms with E-state index in [1.54, 1.807) is 48.8 Å². The van der Waals surface area contributed by atoms with Crippen molar-refractivity contribution in [1.29, 1.82) is 0 Å². The Bertz CT molecular complexity index is 955. The highest BCUT2D eigenvalue weighted by molar-refractivity contribution is 7.79. The van der Waals surface area contributed by atoms with Gasteiger partial charge in [-0.3, -0.25) is 9.19 Å². The molecule has 140 valence electrons. The first-order valence-electron chi connectivity index (χ1n) is 7.97. The molecule has 0 radical (unpaired) electrons. The van der Waals surface area contributed by atoms with E-state index < -0.39 is 11.1 Å². The van der Waals surface area contributed by atoms with E-state index in [0.717, 1.165) is 5.56 Å². The minimum Gasteiger partial charge on any atom is -0.768 e. The van der Waals surface area contributed by atoms with E-state index >= 15 is 0 Å². The van der Waals surface area contributed by atoms with Gasteiger partial charge >= 0.3 is 0 Å². The van der Waals surface area contributed by atoms with Crippen molar-refractivity contribution < 1.29 is 13.5 Å². The summed E-state index contributed by atoms with van der Waals surface area (Å²) < 4.78 is 28.7. The lowest BCUT2D eigenvalue weighted by Crippen LogP contribution is -2.14. The first kappa shape index (κ1) is 19.8. The molecule has 1 atom stereocenters. The van der Waals surface area contributed by atoms with Crippen molar-refractivity contribution in [3.05, 3.63) is 82.1 Å². The van der Waals surface area contributed by atoms with Gasteiger partial charge in [-0.15, -0.1) is 0 Å². The van der Waals surface area contributed by atoms with Gasteiger partial charge in [0.05, 0.1) is 6.20 Å². The monoisotopic (exact) mass is 421 g/mol. The molecule has 0 fully saturated rings. The maximum Gasteiger partial charge on any atom is 0.145 e. The summed E-state index contributed by atoms with van der Waals surface area (Å²) >= 11 is 9.70. The van der Waals surface area contributed by atoms with Crippen LogP contribution in [0, 0.1) is 0 Å². The fraction of sp³-hybridized carbons (Fsp3) is 0.105. The number of rotatable bonds is 7. The molecule has 2 aromatic carbocycles. The van der Waals surface area contributed by atoms with E-state index in [2.05, 4.69) is 10.3 Å². The van der Waals surface area contributed by atoms with E-state index in [1.165, 1.54) is 6.07 Å². The number of nitrogens with one attached hydrogen (secondary N) is 1. The van der Waals surface area contributed by atoms with Crippen LogP contribution >= 0.6 is 23.2 Å². The molecular weight excluding hydrogens is 407 g/mol. The number of benzene rings is 2. The molecule has 8 heteroatoms. The molecule has 0 spiro atoms. The number of nitrogens with zero attached hydrogens (tertiary/aromatic N) is 1. The summed E-state index contributed by atoms with van der Waals surface area (Å²) in [4.78, 5) is 4.20. The standard InChI is InChI=1S/C19H16Cl2N2O3S/c20-15-4-3-13(18(21)9-15)10-23-11-14-8-16(5-6-19(14)27(24)25)26-17-2-1-7-22-12-17/h1-9,12,23H,10-11H2,(H,24,25)/p-1. The molecular formula is C19H15Cl2N2O3S-. The fourth-order valence-corrected chi connectivity index (χ4v) is 3.46. The van der Waals surface area contributed by atoms with Crippen LogP contribution in [0.25, 0.3) is 0 Å². The second kappa shape index (κ2) is 9.30. The molecule has 0 aliphatic carbocycles. The van der Waals surface area contributed by atoms with Crippen LogP contribution in [0.3, 0.4) is 0 Å². The Labute approximate surface area is 169 Å². The molecule has 1 heterocycles. The van der Waals surface area contributed by atoms with Gasteiger partial charge in [0, 0.05) is 34.2 Å². The van der Waals surface area contributed by atoms with Crippen molar-refractivity contribution in [2.24, 2.45) is 0 Å². The molecule has 3 rings (SSSR count). The van der Waals surface area contributed by atoms with E-state index in [1.807, 2.05) is 6.07 Å². The SMILES string of the molecule is O=S([O-])c1ccc(Oc2cccnc2)cc1CNCc1ccc(Cl)cc1Cl. The Balaban J connectivity index is 1.73. The maximum absolute atomic E-state index is 11.5. The van der Waals surface area contributed by atoms with Crippen LogP contribution in [0.2, 0.25) is 10.0 Å². The number of hydrogen-bond acceptors (Lipinski definition) is 5. The largest absolute Gasteiger partial charge is 0.768 e. The lowest BCUT2D eigenvalue weighted by molar-refractivity contribution is 0.478. The third-order valence-corrected chi connectivity index (χ3v) is 5.07. The molecule has 0 bridgehead atoms. The summed E-state index contributed by atoms with van der Waals surface area (Å²) in [5.41, 5.74) is 1.46. The van der Waals surface area contributed by atoms with Gasteiger partial charge in [-0.2, -0.15) is 0 Å². The van der Waals surface area contributed by atoms with Gasteiger partial charge in [0.25, 0.3) is 0 Å². The molecule has 0 saturated heterocycles. The lowest BCUT2D eigenvalue weighted by atomic mass is 10.2. The van der Waals surface area contributed by atoms with E-state index in [4.69, 9.17) is 27.9 Å². The van der Waals surface area contributed by atoms with Crippen LogP contribution < -0.4 is 10.1 Å². The normalized spacial score (nSPS) is 12.0. The Morgan fingerprint density at radius 3 is 2.56 bits per heavy atom. The predicted molar refractivity (Wildman–Crippen MR) is 105 cm³/mol. The van der Waals surface area contributed by atoms with E-state index in [0.29, 0.717) is 40.2 Å². The van der Waals surface area contributed by atoms with Crippen molar-refractivity contribution in [3.8, 4) is 11.5 Å². The van der Waals surface area contributed by atoms with Crippen LogP contribution in [0.4, 0.5) is 0 Å². The summed E-state index contributed by atoms with van der Waals surface area (Å²) in [5, 5.41) is 4.31. The molecule has 1 aromatic heterocycles. The molecule has 0 aliphatic heterocycles. The summed E-state index contributed by atoms with van der Waals surface area (Å²) in [6.07, 6.45) is 3.23. The molecule has 0 amide bonds. The first-order valence-corrected chi connectivity index (χ1v) is 9.81. The summed E-state index contributed by atoms with van der Waals surface area (Å²) in [5.74, 6) is 1.10. The smallest absolute Gasteiger partial charge is 0.145 e. The van der Waals surface area contributed by atoms with Crippen LogP contribution in [0.15, 0.2) is 65.8 Å². The minimum atomic E-state index is -2.35. The summed E-state index contributed by atoms with van der Waals surface area (Å²) in [7, 11) is 0. The molecule has 27 heavy (non-hydrogen) atoms. The first-order chi connectivity index (χ1) is 13.0. The molecule has 3 aromatic rings. The molecule has 1 unspecified atom stereocenters. The second-order valence-corrected chi connectivity index (χ2v) is 7.39. The quantitative estimate of drug-likeness (QED) is 0.559. The Morgan fingerprint density at radius 1 is 1.04 bits per heavy atom. The Morgan fingerprint density at radius 2 is 1.85 bits per heavy atom. The number of aromatic nitrogens is 1. The number of halogens is 2. The third kappa shape index (κ3) is 5.51. The average molecular weight is 422 g/mol. The van der Waals surface area contributed by atoms with Gasteiger partial charge in [0.2, 0.25) is 0 Å². The second-order valence-electron chi connectivity index (χ2n) is 5.63. The average Bonchev–Trinajstić information content (AvgIpc) is 2.64. The summed E-state index contributed by atoms with van der Waals surface area (Å²) in [6.45, 7) is 0.793. The minimum absolute atomic E-state index is 0.211. The van der Waals surface area contributed by atoms with E-state index in [9.17, 15) is 8.76 Å². The van der Waals surface area contributed by atoms with Gasteiger partial charge in [0.15, 0.2) is 0 Å². The molecule has 0 aliphatic rings. The number of hydrogen-bond donors (Lipinski definition) is 1. The van der Waals surface area contributed by atoms with Crippen LogP contribution in [0.5, 0.6) is 11.5 Å². The van der Waals surface area contributed by atoms with Crippen LogP contribution in [-0.2, 0) is 24.2 Å². The van der Waals surface area contributed by atoms with Crippen LogP contribution in [0.1, 0.15) is 11.1 Å². The van der Waals surface area contributed by atoms with Crippen molar-refractivity contribution in [2.45, 2.75) is 18.0 Å². The Kier molecular flexibility index (Phi) is 6.82. The van der Waals surface area contributed by atoms with Crippen molar-refractivity contribution in [1.82, 2.24) is 10.3 Å². The predicted octanol–water partition coefficient (Wildman–Crippen LogP) is 4.71. The molecule has 0 saturated carbocycles. The topological polar surface area (TPSA) is 74.3 Å². The lowest BCUT2D eigenvalue weighted by Gasteiger charge is -2.15. The molecule has 5 nitrogen and oxygen atoms in total. The van der Waals surface area contributed by atoms with E-state index in [-0.39, 0.29) is 4.90 Å². The van der Waals surface area contributed by atoms with Gasteiger partial charge in [-0.05, 0) is 64.7 Å². The third-order valence-electron chi connectivity index (χ3n) is 3.73. The van der Waals surface area contributed by atoms with Crippen molar-refractivity contribution in [3.63, 3.8) is 0 Å². The maximum atomic E-state index is 11.5. The highest BCUT2D eigenvalue weighted by Gasteiger charge is 2.08. The van der Waals surface area contributed by atoms with Gasteiger partial charge < -0.3 is 14.6 Å². The zero-order valence-corrected chi connectivity index (χ0v) is 16.4. The zero-order valence-electron chi connectivity index (χ0n) is 14.0. The summed E-state index contributed by atoms with van der Waals surface area (Å²) in [6, 6.07) is 13.6. The highest BCUT2D eigenvalue weighted by Crippen LogP contribution is 2.25. The fourth-order valence-electron chi connectivity index (χ4n) is 2.46. The van der Waals surface area contributed by atoms with Gasteiger partial charge in [-0.1, -0.05) is 29.3 Å². The van der Waals surface area contributed by atoms with Crippen molar-refractivity contribution >= 4 is 34.3 Å². The zero-order chi connectivity index (χ0) is 19.2. The van der Waals surface area contributed by atoms with Gasteiger partial charge in [-0.25, -0.2) is 0 Å². The number of pyridine rings is 1. The Hall–Kier alpha value is -1.96.